The van der Waals surface area contributed by atoms with E-state index in [1.54, 1.807) is 12.1 Å². The molecule has 0 saturated heterocycles. The first kappa shape index (κ1) is 33.1. The molecule has 0 N–H and O–H groups in total. The maximum absolute atomic E-state index is 12.0. The van der Waals surface area contributed by atoms with Crippen molar-refractivity contribution in [3.05, 3.63) is 48.0 Å². The third kappa shape index (κ3) is 11.1. The molecule has 2 aromatic carbocycles. The van der Waals surface area contributed by atoms with E-state index in [2.05, 4.69) is 6.92 Å². The maximum Gasteiger partial charge on any atom is 1.00 e. The molecule has 0 amide bonds. The Balaban J connectivity index is 0.00000512. The van der Waals surface area contributed by atoms with Crippen molar-refractivity contribution in [3.63, 3.8) is 0 Å². The monoisotopic (exact) mass is 514 g/mol. The number of benzene rings is 2. The summed E-state index contributed by atoms with van der Waals surface area (Å²) in [7, 11) is -9.74. The Bertz CT molecular complexity index is 1070. The van der Waals surface area contributed by atoms with Crippen molar-refractivity contribution >= 4 is 20.2 Å². The normalized spacial score (nSPS) is 11.4. The molecular formula is C22H28Na2O7S2. The summed E-state index contributed by atoms with van der Waals surface area (Å²) in [5, 5.41) is 0. The van der Waals surface area contributed by atoms with Gasteiger partial charge in [0.15, 0.2) is 0 Å². The Morgan fingerprint density at radius 2 is 1.24 bits per heavy atom. The molecule has 2 aromatic rings. The van der Waals surface area contributed by atoms with E-state index in [1.807, 2.05) is 0 Å². The molecule has 0 bridgehead atoms. The Morgan fingerprint density at radius 1 is 0.697 bits per heavy atom. The van der Waals surface area contributed by atoms with Crippen molar-refractivity contribution in [2.75, 3.05) is 0 Å². The second-order valence-corrected chi connectivity index (χ2v) is 10.1. The van der Waals surface area contributed by atoms with Crippen LogP contribution in [0.4, 0.5) is 0 Å². The van der Waals surface area contributed by atoms with Gasteiger partial charge < -0.3 is 13.8 Å². The Kier molecular flexibility index (Phi) is 16.0. The molecule has 11 heteroatoms. The standard InChI is InChI=1S/C22H30O7S2.2Na/c1-2-3-4-5-6-7-8-9-13-18-14-12-16-20(22(18)31(26,27)28)29-19-15-10-11-17-21(19)30(23,24)25;;/h10-12,14-17H,2-9,13H2,1H3,(H,23,24,25)(H,26,27,28);;/q;2*+1/p-2. The molecule has 0 aliphatic carbocycles. The first-order chi connectivity index (χ1) is 14.6. The zero-order valence-electron chi connectivity index (χ0n) is 19.6. The molecule has 0 aliphatic heterocycles. The van der Waals surface area contributed by atoms with Crippen LogP contribution in [0.15, 0.2) is 52.3 Å². The van der Waals surface area contributed by atoms with Crippen molar-refractivity contribution in [2.45, 2.75) is 74.5 Å². The summed E-state index contributed by atoms with van der Waals surface area (Å²) >= 11 is 0. The molecule has 0 spiro atoms. The number of ether oxygens (including phenoxy) is 1. The van der Waals surface area contributed by atoms with Gasteiger partial charge in [0.2, 0.25) is 0 Å². The number of hydrogen-bond donors (Lipinski definition) is 0. The number of unbranched alkanes of at least 4 members (excludes halogenated alkanes) is 7. The van der Waals surface area contributed by atoms with E-state index < -0.39 is 30.0 Å². The third-order valence-corrected chi connectivity index (χ3v) is 6.79. The topological polar surface area (TPSA) is 124 Å². The van der Waals surface area contributed by atoms with Gasteiger partial charge in [0, 0.05) is 0 Å². The second kappa shape index (κ2) is 15.9. The van der Waals surface area contributed by atoms with Crippen molar-refractivity contribution < 1.29 is 89.8 Å². The van der Waals surface area contributed by atoms with Gasteiger partial charge in [-0.1, -0.05) is 76.1 Å². The molecule has 0 aliphatic rings. The molecule has 0 radical (unpaired) electrons. The van der Waals surface area contributed by atoms with Gasteiger partial charge in [0.1, 0.15) is 36.6 Å². The predicted molar refractivity (Wildman–Crippen MR) is 115 cm³/mol. The molecule has 7 nitrogen and oxygen atoms in total. The molecular weight excluding hydrogens is 486 g/mol. The van der Waals surface area contributed by atoms with Crippen LogP contribution in [0.1, 0.15) is 63.9 Å². The average molecular weight is 515 g/mol. The number of rotatable bonds is 13. The molecule has 33 heavy (non-hydrogen) atoms. The third-order valence-electron chi connectivity index (χ3n) is 4.95. The summed E-state index contributed by atoms with van der Waals surface area (Å²) in [6.07, 6.45) is 8.98. The summed E-state index contributed by atoms with van der Waals surface area (Å²) in [6.45, 7) is 2.16. The summed E-state index contributed by atoms with van der Waals surface area (Å²) in [6, 6.07) is 9.45. The van der Waals surface area contributed by atoms with Gasteiger partial charge >= 0.3 is 59.1 Å². The van der Waals surface area contributed by atoms with Crippen LogP contribution in [0.5, 0.6) is 11.5 Å². The fraction of sp³-hybridized carbons (Fsp3) is 0.455. The smallest absolute Gasteiger partial charge is 0.744 e. The van der Waals surface area contributed by atoms with Crippen molar-refractivity contribution in [3.8, 4) is 11.5 Å². The Morgan fingerprint density at radius 3 is 1.82 bits per heavy atom. The number of aryl methyl sites for hydroxylation is 1. The van der Waals surface area contributed by atoms with Gasteiger partial charge in [-0.15, -0.1) is 0 Å². The van der Waals surface area contributed by atoms with E-state index in [9.17, 15) is 25.9 Å². The maximum atomic E-state index is 12.0. The van der Waals surface area contributed by atoms with E-state index in [4.69, 9.17) is 4.74 Å². The van der Waals surface area contributed by atoms with Gasteiger partial charge in [-0.25, -0.2) is 16.8 Å². The van der Waals surface area contributed by atoms with Gasteiger partial charge in [-0.2, -0.15) is 0 Å². The van der Waals surface area contributed by atoms with Gasteiger partial charge in [-0.3, -0.25) is 0 Å². The predicted octanol–water partition coefficient (Wildman–Crippen LogP) is -1.02. The van der Waals surface area contributed by atoms with Crippen LogP contribution < -0.4 is 63.9 Å². The molecule has 0 unspecified atom stereocenters. The molecule has 0 atom stereocenters. The minimum atomic E-state index is -4.89. The molecule has 172 valence electrons. The Labute approximate surface area is 241 Å². The largest absolute Gasteiger partial charge is 1.00 e. The fourth-order valence-electron chi connectivity index (χ4n) is 3.43. The molecule has 0 fully saturated rings. The minimum absolute atomic E-state index is 0. The molecule has 0 saturated carbocycles. The Hall–Kier alpha value is 0.0600. The van der Waals surface area contributed by atoms with Crippen molar-refractivity contribution in [2.24, 2.45) is 0 Å². The summed E-state index contributed by atoms with van der Waals surface area (Å²) in [5.74, 6) is -0.616. The van der Waals surface area contributed by atoms with Crippen LogP contribution in [0, 0.1) is 0 Å². The van der Waals surface area contributed by atoms with E-state index in [0.717, 1.165) is 25.3 Å². The number of para-hydroxylation sites is 1. The zero-order valence-corrected chi connectivity index (χ0v) is 25.2. The quantitative estimate of drug-likeness (QED) is 0.190. The van der Waals surface area contributed by atoms with Gasteiger partial charge in [0.25, 0.3) is 0 Å². The van der Waals surface area contributed by atoms with E-state index >= 15 is 0 Å². The average Bonchev–Trinajstić information content (AvgIpc) is 2.69. The second-order valence-electron chi connectivity index (χ2n) is 7.43. The molecule has 0 heterocycles. The summed E-state index contributed by atoms with van der Waals surface area (Å²) < 4.78 is 75.7. The van der Waals surface area contributed by atoms with Crippen LogP contribution in [0.2, 0.25) is 0 Å². The van der Waals surface area contributed by atoms with Crippen LogP contribution in [-0.4, -0.2) is 25.9 Å². The summed E-state index contributed by atoms with van der Waals surface area (Å²) in [4.78, 5) is -1.14. The van der Waals surface area contributed by atoms with Crippen molar-refractivity contribution in [1.82, 2.24) is 0 Å². The van der Waals surface area contributed by atoms with Crippen LogP contribution >= 0.6 is 0 Å². The van der Waals surface area contributed by atoms with E-state index in [0.29, 0.717) is 18.4 Å². The first-order valence-corrected chi connectivity index (χ1v) is 13.3. The number of hydrogen-bond acceptors (Lipinski definition) is 7. The summed E-state index contributed by atoms with van der Waals surface area (Å²) in [5.41, 5.74) is 0.320. The molecule has 0 aromatic heterocycles. The first-order valence-electron chi connectivity index (χ1n) is 10.4. The fourth-order valence-corrected chi connectivity index (χ4v) is 4.88. The van der Waals surface area contributed by atoms with E-state index in [1.165, 1.54) is 49.9 Å². The van der Waals surface area contributed by atoms with Crippen LogP contribution in [0.3, 0.4) is 0 Å². The van der Waals surface area contributed by atoms with Crippen LogP contribution in [-0.2, 0) is 26.7 Å². The van der Waals surface area contributed by atoms with Gasteiger partial charge in [0.05, 0.1) is 4.90 Å². The van der Waals surface area contributed by atoms with Gasteiger partial charge in [-0.05, 0) is 36.6 Å². The van der Waals surface area contributed by atoms with E-state index in [-0.39, 0.29) is 70.6 Å². The molecule has 2 rings (SSSR count). The van der Waals surface area contributed by atoms with Crippen LogP contribution in [0.25, 0.3) is 0 Å². The minimum Gasteiger partial charge on any atom is -0.744 e. The SMILES string of the molecule is CCCCCCCCCCc1cccc(Oc2ccccc2S(=O)(=O)[O-])c1S(=O)(=O)[O-].[Na+].[Na+]. The van der Waals surface area contributed by atoms with Crippen molar-refractivity contribution in [1.29, 1.82) is 0 Å². The zero-order chi connectivity index (χ0) is 22.9.